The third-order valence-electron chi connectivity index (χ3n) is 4.52. The molecule has 1 aliphatic rings. The third-order valence-corrected chi connectivity index (χ3v) is 4.52. The van der Waals surface area contributed by atoms with Crippen LogP contribution in [-0.2, 0) is 13.6 Å². The Hall–Kier alpha value is -1.56. The average molecular weight is 276 g/mol. The molecule has 0 radical (unpaired) electrons. The topological polar surface area (TPSA) is 64.9 Å². The molecule has 0 bridgehead atoms. The molecule has 0 amide bonds. The highest BCUT2D eigenvalue weighted by Crippen LogP contribution is 2.24. The lowest BCUT2D eigenvalue weighted by molar-refractivity contribution is 0.208. The zero-order valence-corrected chi connectivity index (χ0v) is 12.6. The summed E-state index contributed by atoms with van der Waals surface area (Å²) in [5.41, 5.74) is 9.01. The number of hydrogen-bond donors (Lipinski definition) is 1. The van der Waals surface area contributed by atoms with Crippen LogP contribution in [0.2, 0.25) is 0 Å². The molecule has 0 saturated carbocycles. The largest absolute Gasteiger partial charge is 0.369 e. The molecule has 110 valence electrons. The van der Waals surface area contributed by atoms with Gasteiger partial charge < -0.3 is 10.6 Å². The lowest BCUT2D eigenvalue weighted by atomic mass is 9.94. The van der Waals surface area contributed by atoms with Gasteiger partial charge in [-0.25, -0.2) is 4.98 Å². The molecule has 2 aromatic heterocycles. The van der Waals surface area contributed by atoms with Gasteiger partial charge in [-0.1, -0.05) is 0 Å². The van der Waals surface area contributed by atoms with Gasteiger partial charge in [-0.2, -0.15) is 5.10 Å². The summed E-state index contributed by atoms with van der Waals surface area (Å²) in [5, 5.41) is 4.43. The van der Waals surface area contributed by atoms with Crippen molar-refractivity contribution in [2.75, 3.05) is 25.9 Å². The van der Waals surface area contributed by atoms with Crippen molar-refractivity contribution in [1.82, 2.24) is 24.2 Å². The highest BCUT2D eigenvalue weighted by Gasteiger charge is 2.19. The smallest absolute Gasteiger partial charge is 0.202 e. The number of piperidine rings is 1. The number of fused-ring (bicyclic) bond motifs is 1. The van der Waals surface area contributed by atoms with Crippen molar-refractivity contribution < 1.29 is 0 Å². The fourth-order valence-corrected chi connectivity index (χ4v) is 3.23. The average Bonchev–Trinajstić information content (AvgIpc) is 2.88. The fourth-order valence-electron chi connectivity index (χ4n) is 3.23. The molecule has 0 unspecified atom stereocenters. The normalized spacial score (nSPS) is 18.1. The van der Waals surface area contributed by atoms with Gasteiger partial charge in [0.05, 0.1) is 5.69 Å². The van der Waals surface area contributed by atoms with E-state index < -0.39 is 0 Å². The first kappa shape index (κ1) is 13.4. The number of likely N-dealkylation sites (tertiary alicyclic amines) is 1. The molecule has 3 rings (SSSR count). The number of anilines is 1. The molecule has 0 aliphatic carbocycles. The molecule has 0 aromatic carbocycles. The Morgan fingerprint density at radius 1 is 1.25 bits per heavy atom. The predicted molar refractivity (Wildman–Crippen MR) is 80.5 cm³/mol. The summed E-state index contributed by atoms with van der Waals surface area (Å²) in [5.74, 6) is 1.42. The summed E-state index contributed by atoms with van der Waals surface area (Å²) < 4.78 is 4.01. The zero-order chi connectivity index (χ0) is 14.3. The molecular weight excluding hydrogens is 252 g/mol. The van der Waals surface area contributed by atoms with E-state index in [9.17, 15) is 0 Å². The summed E-state index contributed by atoms with van der Waals surface area (Å²) in [6, 6.07) is 0. The number of nitrogen functional groups attached to an aromatic ring is 1. The number of nitrogens with zero attached hydrogens (tertiary/aromatic N) is 5. The summed E-state index contributed by atoms with van der Waals surface area (Å²) in [6.07, 6.45) is 3.76. The van der Waals surface area contributed by atoms with Gasteiger partial charge >= 0.3 is 0 Å². The first-order chi connectivity index (χ1) is 9.56. The Kier molecular flexibility index (Phi) is 3.41. The van der Waals surface area contributed by atoms with Crippen molar-refractivity contribution in [1.29, 1.82) is 0 Å². The number of aromatic nitrogens is 4. The molecule has 1 saturated heterocycles. The van der Waals surface area contributed by atoms with Gasteiger partial charge in [0.15, 0.2) is 5.65 Å². The van der Waals surface area contributed by atoms with E-state index in [4.69, 9.17) is 5.73 Å². The second kappa shape index (κ2) is 5.09. The van der Waals surface area contributed by atoms with Gasteiger partial charge in [0.2, 0.25) is 5.95 Å². The van der Waals surface area contributed by atoms with Gasteiger partial charge in [0, 0.05) is 13.6 Å². The highest BCUT2D eigenvalue weighted by atomic mass is 15.3. The zero-order valence-electron chi connectivity index (χ0n) is 12.6. The Morgan fingerprint density at radius 3 is 2.65 bits per heavy atom. The number of nitrogens with two attached hydrogens (primary N) is 1. The Morgan fingerprint density at radius 2 is 1.95 bits per heavy atom. The van der Waals surface area contributed by atoms with Crippen LogP contribution in [0, 0.1) is 12.8 Å². The molecule has 1 aliphatic heterocycles. The predicted octanol–water partition coefficient (Wildman–Crippen LogP) is 1.39. The van der Waals surface area contributed by atoms with Crippen LogP contribution in [0.25, 0.3) is 11.2 Å². The minimum atomic E-state index is 0.615. The van der Waals surface area contributed by atoms with Crippen molar-refractivity contribution in [3.05, 3.63) is 5.69 Å². The van der Waals surface area contributed by atoms with E-state index in [1.807, 2.05) is 18.7 Å². The summed E-state index contributed by atoms with van der Waals surface area (Å²) in [4.78, 5) is 6.87. The van der Waals surface area contributed by atoms with E-state index in [1.54, 1.807) is 0 Å². The van der Waals surface area contributed by atoms with Crippen LogP contribution in [0.4, 0.5) is 5.95 Å². The van der Waals surface area contributed by atoms with Crippen LogP contribution in [0.15, 0.2) is 0 Å². The SMILES string of the molecule is Cc1nn(C)c2c1nc(N)n2CCC1CCN(C)CC1. The summed E-state index contributed by atoms with van der Waals surface area (Å²) in [6.45, 7) is 5.35. The Bertz CT molecular complexity index is 603. The van der Waals surface area contributed by atoms with E-state index in [1.165, 1.54) is 32.4 Å². The standard InChI is InChI=1S/C14H24N6/c1-10-12-13(19(3)17-10)20(14(15)16-12)9-6-11-4-7-18(2)8-5-11/h11H,4-9H2,1-3H3,(H2,15,16). The summed E-state index contributed by atoms with van der Waals surface area (Å²) >= 11 is 0. The van der Waals surface area contributed by atoms with Crippen LogP contribution in [-0.4, -0.2) is 44.4 Å². The van der Waals surface area contributed by atoms with E-state index >= 15 is 0 Å². The second-order valence-electron chi connectivity index (χ2n) is 6.04. The van der Waals surface area contributed by atoms with Crippen molar-refractivity contribution in [3.63, 3.8) is 0 Å². The van der Waals surface area contributed by atoms with Crippen LogP contribution >= 0.6 is 0 Å². The molecule has 6 heteroatoms. The number of rotatable bonds is 3. The van der Waals surface area contributed by atoms with E-state index in [0.29, 0.717) is 5.95 Å². The maximum absolute atomic E-state index is 6.08. The first-order valence-electron chi connectivity index (χ1n) is 7.40. The molecule has 2 N–H and O–H groups in total. The third kappa shape index (κ3) is 2.28. The monoisotopic (exact) mass is 276 g/mol. The molecular formula is C14H24N6. The minimum Gasteiger partial charge on any atom is -0.369 e. The van der Waals surface area contributed by atoms with Crippen LogP contribution in [0.1, 0.15) is 25.0 Å². The van der Waals surface area contributed by atoms with Crippen molar-refractivity contribution in [2.45, 2.75) is 32.7 Å². The van der Waals surface area contributed by atoms with Crippen LogP contribution < -0.4 is 5.73 Å². The molecule has 6 nitrogen and oxygen atoms in total. The molecule has 0 spiro atoms. The highest BCUT2D eigenvalue weighted by molar-refractivity contribution is 5.77. The fraction of sp³-hybridized carbons (Fsp3) is 0.714. The van der Waals surface area contributed by atoms with Gasteiger partial charge in [-0.15, -0.1) is 0 Å². The summed E-state index contributed by atoms with van der Waals surface area (Å²) in [7, 11) is 4.16. The van der Waals surface area contributed by atoms with E-state index in [0.717, 1.165) is 29.3 Å². The van der Waals surface area contributed by atoms with Gasteiger partial charge in [-0.3, -0.25) is 9.25 Å². The molecule has 2 aromatic rings. The minimum absolute atomic E-state index is 0.615. The number of hydrogen-bond acceptors (Lipinski definition) is 4. The Labute approximate surface area is 119 Å². The van der Waals surface area contributed by atoms with Gasteiger partial charge in [0.25, 0.3) is 0 Å². The maximum atomic E-state index is 6.08. The molecule has 0 atom stereocenters. The number of aryl methyl sites for hydroxylation is 3. The van der Waals surface area contributed by atoms with Crippen molar-refractivity contribution >= 4 is 17.1 Å². The Balaban J connectivity index is 1.76. The van der Waals surface area contributed by atoms with E-state index in [2.05, 4.69) is 26.6 Å². The van der Waals surface area contributed by atoms with Gasteiger partial charge in [0.1, 0.15) is 5.52 Å². The second-order valence-corrected chi connectivity index (χ2v) is 6.04. The number of imidazole rings is 1. The van der Waals surface area contributed by atoms with Gasteiger partial charge in [-0.05, 0) is 52.2 Å². The maximum Gasteiger partial charge on any atom is 0.202 e. The van der Waals surface area contributed by atoms with E-state index in [-0.39, 0.29) is 0 Å². The lowest BCUT2D eigenvalue weighted by Gasteiger charge is -2.29. The molecule has 1 fully saturated rings. The van der Waals surface area contributed by atoms with Crippen molar-refractivity contribution in [2.24, 2.45) is 13.0 Å². The lowest BCUT2D eigenvalue weighted by Crippen LogP contribution is -2.30. The van der Waals surface area contributed by atoms with Crippen molar-refractivity contribution in [3.8, 4) is 0 Å². The molecule has 3 heterocycles. The van der Waals surface area contributed by atoms with Crippen LogP contribution in [0.3, 0.4) is 0 Å². The first-order valence-corrected chi connectivity index (χ1v) is 7.40. The quantitative estimate of drug-likeness (QED) is 0.920. The van der Waals surface area contributed by atoms with Crippen LogP contribution in [0.5, 0.6) is 0 Å². The molecule has 20 heavy (non-hydrogen) atoms.